The van der Waals surface area contributed by atoms with Gasteiger partial charge in [-0.05, 0) is 49.1 Å². The van der Waals surface area contributed by atoms with E-state index in [-0.39, 0.29) is 5.82 Å². The van der Waals surface area contributed by atoms with Gasteiger partial charge in [0.2, 0.25) is 0 Å². The van der Waals surface area contributed by atoms with Gasteiger partial charge in [-0.15, -0.1) is 0 Å². The van der Waals surface area contributed by atoms with Crippen LogP contribution in [0.1, 0.15) is 36.1 Å². The first-order valence-electron chi connectivity index (χ1n) is 8.64. The van der Waals surface area contributed by atoms with E-state index in [1.165, 1.54) is 12.1 Å². The Morgan fingerprint density at radius 1 is 1.04 bits per heavy atom. The molecule has 2 aliphatic rings. The summed E-state index contributed by atoms with van der Waals surface area (Å²) in [6.45, 7) is 0. The van der Waals surface area contributed by atoms with Gasteiger partial charge >= 0.3 is 0 Å². The smallest absolute Gasteiger partial charge is 0.170 e. The fourth-order valence-electron chi connectivity index (χ4n) is 3.97. The summed E-state index contributed by atoms with van der Waals surface area (Å²) in [5.41, 5.74) is 4.64. The molecule has 3 nitrogen and oxygen atoms in total. The third-order valence-electron chi connectivity index (χ3n) is 5.25. The highest BCUT2D eigenvalue weighted by Gasteiger charge is 2.45. The number of oxime groups is 1. The molecule has 0 saturated heterocycles. The molecule has 0 saturated carbocycles. The van der Waals surface area contributed by atoms with Crippen molar-refractivity contribution in [2.45, 2.75) is 31.3 Å². The van der Waals surface area contributed by atoms with Crippen molar-refractivity contribution in [2.24, 2.45) is 5.16 Å². The van der Waals surface area contributed by atoms with Gasteiger partial charge in [-0.3, -0.25) is 4.98 Å². The predicted octanol–water partition coefficient (Wildman–Crippen LogP) is 4.73. The van der Waals surface area contributed by atoms with E-state index in [2.05, 4.69) is 17.3 Å². The van der Waals surface area contributed by atoms with Crippen molar-refractivity contribution in [3.05, 3.63) is 77.2 Å². The Balaban J connectivity index is 1.56. The van der Waals surface area contributed by atoms with Gasteiger partial charge in [-0.2, -0.15) is 0 Å². The fourth-order valence-corrected chi connectivity index (χ4v) is 3.97. The van der Waals surface area contributed by atoms with Crippen molar-refractivity contribution in [1.29, 1.82) is 0 Å². The normalized spacial score (nSPS) is 21.9. The maximum Gasteiger partial charge on any atom is 0.170 e. The quantitative estimate of drug-likeness (QED) is 0.645. The number of hydrogen-bond acceptors (Lipinski definition) is 3. The van der Waals surface area contributed by atoms with E-state index < -0.39 is 5.60 Å². The lowest BCUT2D eigenvalue weighted by Crippen LogP contribution is -2.31. The zero-order chi connectivity index (χ0) is 16.9. The maximum absolute atomic E-state index is 13.2. The highest BCUT2D eigenvalue weighted by molar-refractivity contribution is 6.01. The summed E-state index contributed by atoms with van der Waals surface area (Å²) < 4.78 is 13.2. The van der Waals surface area contributed by atoms with Crippen LogP contribution in [-0.4, -0.2) is 10.7 Å². The van der Waals surface area contributed by atoms with Crippen molar-refractivity contribution in [2.75, 3.05) is 0 Å². The third-order valence-corrected chi connectivity index (χ3v) is 5.25. The lowest BCUT2D eigenvalue weighted by atomic mass is 9.77. The predicted molar refractivity (Wildman–Crippen MR) is 95.0 cm³/mol. The van der Waals surface area contributed by atoms with Crippen LogP contribution in [0, 0.1) is 5.82 Å². The van der Waals surface area contributed by atoms with Gasteiger partial charge in [0.25, 0.3) is 0 Å². The summed E-state index contributed by atoms with van der Waals surface area (Å²) in [5.74, 6) is -0.239. The van der Waals surface area contributed by atoms with E-state index in [0.29, 0.717) is 6.42 Å². The van der Waals surface area contributed by atoms with E-state index in [0.717, 1.165) is 52.7 Å². The van der Waals surface area contributed by atoms with Crippen LogP contribution in [0.25, 0.3) is 10.9 Å². The first-order valence-corrected chi connectivity index (χ1v) is 8.64. The Morgan fingerprint density at radius 2 is 1.88 bits per heavy atom. The molecule has 1 spiro atoms. The van der Waals surface area contributed by atoms with Crippen LogP contribution in [0.15, 0.2) is 59.8 Å². The van der Waals surface area contributed by atoms with Crippen LogP contribution >= 0.6 is 0 Å². The van der Waals surface area contributed by atoms with Crippen molar-refractivity contribution < 1.29 is 9.23 Å². The summed E-state index contributed by atoms with van der Waals surface area (Å²) in [5, 5.41) is 5.48. The molecule has 0 radical (unpaired) electrons. The van der Waals surface area contributed by atoms with E-state index in [9.17, 15) is 4.39 Å². The van der Waals surface area contributed by atoms with E-state index >= 15 is 0 Å². The van der Waals surface area contributed by atoms with E-state index in [1.807, 2.05) is 18.2 Å². The number of pyridine rings is 1. The SMILES string of the molecule is Fc1ccc(C2=NO[C@@]3(CCCc4nc5ccccc5cc43)C2)cc1. The Labute approximate surface area is 145 Å². The highest BCUT2D eigenvalue weighted by Crippen LogP contribution is 2.45. The Kier molecular flexibility index (Phi) is 3.14. The Morgan fingerprint density at radius 3 is 2.76 bits per heavy atom. The van der Waals surface area contributed by atoms with Crippen LogP contribution in [0.4, 0.5) is 4.39 Å². The van der Waals surface area contributed by atoms with Gasteiger partial charge in [0.05, 0.1) is 11.2 Å². The molecule has 0 N–H and O–H groups in total. The third kappa shape index (κ3) is 2.32. The summed E-state index contributed by atoms with van der Waals surface area (Å²) in [4.78, 5) is 10.9. The summed E-state index contributed by atoms with van der Waals surface area (Å²) in [7, 11) is 0. The largest absolute Gasteiger partial charge is 0.384 e. The molecule has 0 bridgehead atoms. The molecule has 5 rings (SSSR count). The lowest BCUT2D eigenvalue weighted by molar-refractivity contribution is -0.0366. The second kappa shape index (κ2) is 5.38. The van der Waals surface area contributed by atoms with Gasteiger partial charge < -0.3 is 4.84 Å². The van der Waals surface area contributed by atoms with Crippen LogP contribution in [0.3, 0.4) is 0 Å². The van der Waals surface area contributed by atoms with Crippen LogP contribution < -0.4 is 0 Å². The van der Waals surface area contributed by atoms with Gasteiger partial charge in [0, 0.05) is 23.1 Å². The summed E-state index contributed by atoms with van der Waals surface area (Å²) in [6, 6.07) is 16.8. The zero-order valence-electron chi connectivity index (χ0n) is 13.7. The average Bonchev–Trinajstić information content (AvgIpc) is 3.06. The number of rotatable bonds is 1. The Bertz CT molecular complexity index is 996. The summed E-state index contributed by atoms with van der Waals surface area (Å²) in [6.07, 6.45) is 3.63. The molecule has 0 unspecified atom stereocenters. The second-order valence-corrected chi connectivity index (χ2v) is 6.84. The molecule has 1 aliphatic carbocycles. The number of benzene rings is 2. The molecule has 4 heteroatoms. The minimum atomic E-state index is -0.436. The summed E-state index contributed by atoms with van der Waals surface area (Å²) >= 11 is 0. The number of aromatic nitrogens is 1. The average molecular weight is 332 g/mol. The van der Waals surface area contributed by atoms with Crippen LogP contribution in [-0.2, 0) is 16.9 Å². The lowest BCUT2D eigenvalue weighted by Gasteiger charge is -2.32. The standard InChI is InChI=1S/C21H17FN2O/c22-16-9-7-14(8-10-16)20-13-21(25-24-20)11-3-6-19-17(21)12-15-4-1-2-5-18(15)23-19/h1-2,4-5,7-10,12H,3,6,11,13H2/t21-/m0/s1. The molecule has 2 aromatic carbocycles. The molecular weight excluding hydrogens is 315 g/mol. The molecule has 3 aromatic rings. The van der Waals surface area contributed by atoms with Gasteiger partial charge in [0.1, 0.15) is 5.82 Å². The molecule has 25 heavy (non-hydrogen) atoms. The first-order chi connectivity index (χ1) is 12.2. The fraction of sp³-hybridized carbons (Fsp3) is 0.238. The topological polar surface area (TPSA) is 34.5 Å². The maximum atomic E-state index is 13.2. The minimum absolute atomic E-state index is 0.239. The Hall–Kier alpha value is -2.75. The molecule has 1 aromatic heterocycles. The number of fused-ring (bicyclic) bond motifs is 3. The van der Waals surface area contributed by atoms with Crippen LogP contribution in [0.5, 0.6) is 0 Å². The molecular formula is C21H17FN2O. The highest BCUT2D eigenvalue weighted by atomic mass is 19.1. The zero-order valence-corrected chi connectivity index (χ0v) is 13.7. The van der Waals surface area contributed by atoms with Crippen molar-refractivity contribution in [3.8, 4) is 0 Å². The number of para-hydroxylation sites is 1. The van der Waals surface area contributed by atoms with E-state index in [4.69, 9.17) is 9.82 Å². The molecule has 1 atom stereocenters. The molecule has 0 fully saturated rings. The van der Waals surface area contributed by atoms with Crippen LogP contribution in [0.2, 0.25) is 0 Å². The number of aryl methyl sites for hydroxylation is 1. The van der Waals surface area contributed by atoms with Gasteiger partial charge in [-0.25, -0.2) is 4.39 Å². The second-order valence-electron chi connectivity index (χ2n) is 6.84. The van der Waals surface area contributed by atoms with Crippen molar-refractivity contribution in [3.63, 3.8) is 0 Å². The molecule has 2 heterocycles. The number of nitrogens with zero attached hydrogens (tertiary/aromatic N) is 2. The van der Waals surface area contributed by atoms with Crippen molar-refractivity contribution >= 4 is 16.6 Å². The van der Waals surface area contributed by atoms with Gasteiger partial charge in [-0.1, -0.05) is 35.5 Å². The number of hydrogen-bond donors (Lipinski definition) is 0. The number of halogens is 1. The molecule has 124 valence electrons. The molecule has 1 aliphatic heterocycles. The van der Waals surface area contributed by atoms with E-state index in [1.54, 1.807) is 12.1 Å². The monoisotopic (exact) mass is 332 g/mol. The first kappa shape index (κ1) is 14.6. The van der Waals surface area contributed by atoms with Gasteiger partial charge in [0.15, 0.2) is 5.60 Å². The molecule has 0 amide bonds. The van der Waals surface area contributed by atoms with Crippen molar-refractivity contribution in [1.82, 2.24) is 4.98 Å². The minimum Gasteiger partial charge on any atom is -0.384 e.